The van der Waals surface area contributed by atoms with Crippen molar-refractivity contribution in [3.63, 3.8) is 0 Å². The Kier molecular flexibility index (Phi) is 5.68. The van der Waals surface area contributed by atoms with Crippen LogP contribution in [0.15, 0.2) is 22.9 Å². The average Bonchev–Trinajstić information content (AvgIpc) is 3.36. The van der Waals surface area contributed by atoms with Gasteiger partial charge in [-0.25, -0.2) is 9.97 Å². The summed E-state index contributed by atoms with van der Waals surface area (Å²) in [5, 5.41) is 8.57. The van der Waals surface area contributed by atoms with Crippen LogP contribution in [0, 0.1) is 12.8 Å². The number of carbonyl (C=O) groups is 1. The fourth-order valence-corrected chi connectivity index (χ4v) is 5.82. The van der Waals surface area contributed by atoms with Gasteiger partial charge in [0.25, 0.3) is 5.91 Å². The van der Waals surface area contributed by atoms with E-state index in [1.165, 1.54) is 35.5 Å². The molecule has 1 fully saturated rings. The number of likely N-dealkylation sites (tertiary alicyclic amines) is 1. The van der Waals surface area contributed by atoms with Gasteiger partial charge in [0.1, 0.15) is 9.88 Å². The lowest BCUT2D eigenvalue weighted by Gasteiger charge is -2.30. The van der Waals surface area contributed by atoms with Crippen LogP contribution in [-0.2, 0) is 6.54 Å². The molecule has 27 heavy (non-hydrogen) atoms. The zero-order valence-electron chi connectivity index (χ0n) is 15.4. The molecule has 142 valence electrons. The Bertz CT molecular complexity index is 915. The number of anilines is 1. The van der Waals surface area contributed by atoms with E-state index in [-0.39, 0.29) is 5.91 Å². The van der Waals surface area contributed by atoms with Gasteiger partial charge in [0.2, 0.25) is 0 Å². The van der Waals surface area contributed by atoms with Crippen LogP contribution in [0.1, 0.15) is 40.8 Å². The maximum Gasteiger partial charge on any atom is 0.269 e. The lowest BCUT2D eigenvalue weighted by atomic mass is 10.0. The first-order valence-corrected chi connectivity index (χ1v) is 11.7. The highest BCUT2D eigenvalue weighted by Crippen LogP contribution is 2.31. The quantitative estimate of drug-likeness (QED) is 0.625. The minimum Gasteiger partial charge on any atom is -0.297 e. The summed E-state index contributed by atoms with van der Waals surface area (Å²) in [5.74, 6) is 0.628. The van der Waals surface area contributed by atoms with Crippen molar-refractivity contribution >= 4 is 45.0 Å². The third-order valence-electron chi connectivity index (χ3n) is 4.63. The molecule has 3 aromatic rings. The summed E-state index contributed by atoms with van der Waals surface area (Å²) < 4.78 is 0. The predicted molar refractivity (Wildman–Crippen MR) is 114 cm³/mol. The van der Waals surface area contributed by atoms with Gasteiger partial charge in [0.05, 0.1) is 16.3 Å². The van der Waals surface area contributed by atoms with Gasteiger partial charge in [0.15, 0.2) is 5.13 Å². The van der Waals surface area contributed by atoms with Crippen molar-refractivity contribution in [2.75, 3.05) is 18.4 Å². The summed E-state index contributed by atoms with van der Waals surface area (Å²) in [6, 6.07) is 4.02. The number of amides is 1. The van der Waals surface area contributed by atoms with E-state index < -0.39 is 0 Å². The molecule has 1 aliphatic rings. The predicted octanol–water partition coefficient (Wildman–Crippen LogP) is 5.12. The van der Waals surface area contributed by atoms with Crippen LogP contribution in [0.2, 0.25) is 0 Å². The second-order valence-corrected chi connectivity index (χ2v) is 9.80. The largest absolute Gasteiger partial charge is 0.297 e. The van der Waals surface area contributed by atoms with E-state index in [0.717, 1.165) is 46.8 Å². The van der Waals surface area contributed by atoms with E-state index in [1.54, 1.807) is 11.3 Å². The van der Waals surface area contributed by atoms with Crippen LogP contribution in [0.4, 0.5) is 5.13 Å². The Hall–Kier alpha value is -1.61. The molecule has 1 saturated heterocycles. The molecule has 3 aromatic heterocycles. The van der Waals surface area contributed by atoms with Crippen LogP contribution in [0.3, 0.4) is 0 Å². The number of aryl methyl sites for hydroxylation is 1. The zero-order chi connectivity index (χ0) is 18.8. The molecule has 1 unspecified atom stereocenters. The summed E-state index contributed by atoms with van der Waals surface area (Å²) in [6.45, 7) is 7.31. The van der Waals surface area contributed by atoms with Crippen molar-refractivity contribution in [2.45, 2.75) is 33.2 Å². The van der Waals surface area contributed by atoms with Crippen molar-refractivity contribution in [1.82, 2.24) is 14.9 Å². The average molecular weight is 419 g/mol. The molecule has 0 bridgehead atoms. The lowest BCUT2D eigenvalue weighted by Crippen LogP contribution is -2.33. The molecule has 5 nitrogen and oxygen atoms in total. The second kappa shape index (κ2) is 8.18. The molecule has 0 aromatic carbocycles. The topological polar surface area (TPSA) is 58.1 Å². The van der Waals surface area contributed by atoms with E-state index in [4.69, 9.17) is 0 Å². The Morgan fingerprint density at radius 2 is 2.26 bits per heavy atom. The first kappa shape index (κ1) is 18.7. The number of thiazole rings is 2. The summed E-state index contributed by atoms with van der Waals surface area (Å²) >= 11 is 4.56. The molecule has 1 N–H and O–H groups in total. The Labute approximate surface area is 171 Å². The summed E-state index contributed by atoms with van der Waals surface area (Å²) in [7, 11) is 0. The van der Waals surface area contributed by atoms with Crippen molar-refractivity contribution in [1.29, 1.82) is 0 Å². The SMILES string of the molecule is Cc1nc(-c2cccs2)sc1C(=O)Nc1nc(CN2CCCC(C)C2)cs1. The van der Waals surface area contributed by atoms with E-state index in [2.05, 4.69) is 27.1 Å². The fourth-order valence-electron chi connectivity index (χ4n) is 3.36. The third kappa shape index (κ3) is 4.45. The van der Waals surface area contributed by atoms with Crippen LogP contribution < -0.4 is 5.32 Å². The molecule has 4 heterocycles. The normalized spacial score (nSPS) is 17.9. The number of piperidine rings is 1. The van der Waals surface area contributed by atoms with E-state index in [9.17, 15) is 4.79 Å². The number of nitrogens with one attached hydrogen (secondary N) is 1. The number of thiophene rings is 1. The van der Waals surface area contributed by atoms with Gasteiger partial charge in [-0.05, 0) is 43.7 Å². The monoisotopic (exact) mass is 418 g/mol. The third-order valence-corrected chi connectivity index (χ3v) is 7.64. The molecule has 4 rings (SSSR count). The van der Waals surface area contributed by atoms with Gasteiger partial charge in [-0.15, -0.1) is 34.0 Å². The molecule has 1 atom stereocenters. The highest BCUT2D eigenvalue weighted by molar-refractivity contribution is 7.22. The van der Waals surface area contributed by atoms with Gasteiger partial charge in [-0.1, -0.05) is 13.0 Å². The Balaban J connectivity index is 1.41. The maximum absolute atomic E-state index is 12.7. The second-order valence-electron chi connectivity index (χ2n) is 6.99. The van der Waals surface area contributed by atoms with Crippen LogP contribution in [0.5, 0.6) is 0 Å². The number of nitrogens with zero attached hydrogens (tertiary/aromatic N) is 3. The molecular weight excluding hydrogens is 396 g/mol. The van der Waals surface area contributed by atoms with E-state index in [1.807, 2.05) is 29.8 Å². The maximum atomic E-state index is 12.7. The number of aromatic nitrogens is 2. The molecular formula is C19H22N4OS3. The highest BCUT2D eigenvalue weighted by Gasteiger charge is 2.20. The molecule has 0 spiro atoms. The smallest absolute Gasteiger partial charge is 0.269 e. The van der Waals surface area contributed by atoms with Crippen molar-refractivity contribution in [2.24, 2.45) is 5.92 Å². The van der Waals surface area contributed by atoms with Crippen LogP contribution in [-0.4, -0.2) is 33.9 Å². The highest BCUT2D eigenvalue weighted by atomic mass is 32.1. The van der Waals surface area contributed by atoms with Crippen LogP contribution in [0.25, 0.3) is 9.88 Å². The van der Waals surface area contributed by atoms with Gasteiger partial charge in [-0.2, -0.15) is 0 Å². The Morgan fingerprint density at radius 1 is 1.37 bits per heavy atom. The van der Waals surface area contributed by atoms with E-state index >= 15 is 0 Å². The van der Waals surface area contributed by atoms with Crippen molar-refractivity contribution in [3.05, 3.63) is 39.2 Å². The molecule has 0 aliphatic carbocycles. The summed E-state index contributed by atoms with van der Waals surface area (Å²) in [6.07, 6.45) is 2.57. The van der Waals surface area contributed by atoms with Gasteiger partial charge in [0, 0.05) is 18.5 Å². The van der Waals surface area contributed by atoms with Crippen molar-refractivity contribution < 1.29 is 4.79 Å². The fraction of sp³-hybridized carbons (Fsp3) is 0.421. The number of rotatable bonds is 5. The molecule has 1 amide bonds. The van der Waals surface area contributed by atoms with Crippen molar-refractivity contribution in [3.8, 4) is 9.88 Å². The standard InChI is InChI=1S/C19H22N4OS3/c1-12-5-3-7-23(9-12)10-14-11-26-19(21-14)22-17(24)16-13(2)20-18(27-16)15-6-4-8-25-15/h4,6,8,11-12H,3,5,7,9-10H2,1-2H3,(H,21,22,24). The summed E-state index contributed by atoms with van der Waals surface area (Å²) in [4.78, 5) is 26.0. The number of hydrogen-bond acceptors (Lipinski definition) is 7. The molecule has 1 aliphatic heterocycles. The Morgan fingerprint density at radius 3 is 3.04 bits per heavy atom. The van der Waals surface area contributed by atoms with Gasteiger partial charge >= 0.3 is 0 Å². The van der Waals surface area contributed by atoms with E-state index in [0.29, 0.717) is 10.0 Å². The number of carbonyl (C=O) groups excluding carboxylic acids is 1. The summed E-state index contributed by atoms with van der Waals surface area (Å²) in [5.41, 5.74) is 1.80. The number of hydrogen-bond donors (Lipinski definition) is 1. The minimum absolute atomic E-state index is 0.125. The van der Waals surface area contributed by atoms with Gasteiger partial charge in [-0.3, -0.25) is 15.0 Å². The molecule has 0 saturated carbocycles. The molecule has 0 radical (unpaired) electrons. The lowest BCUT2D eigenvalue weighted by molar-refractivity contribution is 0.103. The first-order valence-electron chi connectivity index (χ1n) is 9.08. The zero-order valence-corrected chi connectivity index (χ0v) is 17.8. The van der Waals surface area contributed by atoms with Crippen LogP contribution >= 0.6 is 34.0 Å². The van der Waals surface area contributed by atoms with Gasteiger partial charge < -0.3 is 0 Å². The molecule has 8 heteroatoms. The first-order chi connectivity index (χ1) is 13.1. The minimum atomic E-state index is -0.125.